The maximum atomic E-state index is 12.9. The Morgan fingerprint density at radius 3 is 2.15 bits per heavy atom. The Labute approximate surface area is 212 Å². The van der Waals surface area contributed by atoms with Crippen LogP contribution in [0.2, 0.25) is 0 Å². The van der Waals surface area contributed by atoms with E-state index in [2.05, 4.69) is 51.8 Å². The number of carbonyl (C=O) groups excluding carboxylic acids is 2. The van der Waals surface area contributed by atoms with Gasteiger partial charge in [0, 0.05) is 41.4 Å². The lowest BCUT2D eigenvalue weighted by atomic mass is 9.98. The van der Waals surface area contributed by atoms with E-state index in [4.69, 9.17) is 9.47 Å². The Morgan fingerprint density at radius 2 is 1.53 bits per heavy atom. The van der Waals surface area contributed by atoms with Crippen LogP contribution in [0.1, 0.15) is 27.4 Å². The number of hydrogen-bond acceptors (Lipinski definition) is 5. The summed E-state index contributed by atoms with van der Waals surface area (Å²) in [6.45, 7) is 2.80. The fourth-order valence-corrected chi connectivity index (χ4v) is 5.48. The molecule has 0 saturated carbocycles. The monoisotopic (exact) mass is 568 g/mol. The summed E-state index contributed by atoms with van der Waals surface area (Å²) < 4.78 is 11.6. The molecule has 5 rings (SSSR count). The van der Waals surface area contributed by atoms with Gasteiger partial charge in [0.15, 0.2) is 0 Å². The summed E-state index contributed by atoms with van der Waals surface area (Å²) in [5.41, 5.74) is 6.35. The predicted molar refractivity (Wildman–Crippen MR) is 139 cm³/mol. The number of ether oxygens (including phenoxy) is 2. The standard InChI is InChI=1S/C27H25IN2O4/c1-33-26(31)18-14-19(28)16-20(15-18)29-10-12-30(13-11-29)27(32)34-17-25-23-8-4-2-6-21(23)22-7-3-5-9-24(22)25/h2-9,14-16,25H,10-13,17H2,1H3. The van der Waals surface area contributed by atoms with Crippen LogP contribution in [0.25, 0.3) is 11.1 Å². The van der Waals surface area contributed by atoms with Crippen LogP contribution < -0.4 is 4.90 Å². The molecule has 174 valence electrons. The third-order valence-electron chi connectivity index (χ3n) is 6.54. The molecule has 1 amide bonds. The molecule has 3 aromatic carbocycles. The van der Waals surface area contributed by atoms with Crippen molar-refractivity contribution in [3.8, 4) is 11.1 Å². The number of benzene rings is 3. The first-order chi connectivity index (χ1) is 16.5. The zero-order chi connectivity index (χ0) is 23.7. The molecule has 7 heteroatoms. The van der Waals surface area contributed by atoms with Gasteiger partial charge in [-0.15, -0.1) is 0 Å². The van der Waals surface area contributed by atoms with Crippen molar-refractivity contribution in [3.63, 3.8) is 0 Å². The van der Waals surface area contributed by atoms with E-state index in [0.29, 0.717) is 38.3 Å². The summed E-state index contributed by atoms with van der Waals surface area (Å²) in [6.07, 6.45) is -0.278. The minimum atomic E-state index is -0.350. The molecule has 0 radical (unpaired) electrons. The Morgan fingerprint density at radius 1 is 0.912 bits per heavy atom. The van der Waals surface area contributed by atoms with Crippen LogP contribution in [-0.2, 0) is 9.47 Å². The second-order valence-corrected chi connectivity index (χ2v) is 9.71. The molecule has 1 heterocycles. The van der Waals surface area contributed by atoms with E-state index in [9.17, 15) is 9.59 Å². The Balaban J connectivity index is 1.21. The molecule has 0 N–H and O–H groups in total. The van der Waals surface area contributed by atoms with Crippen LogP contribution in [0.15, 0.2) is 66.7 Å². The summed E-state index contributed by atoms with van der Waals surface area (Å²) in [7, 11) is 1.38. The smallest absolute Gasteiger partial charge is 0.409 e. The molecule has 0 atom stereocenters. The summed E-state index contributed by atoms with van der Waals surface area (Å²) in [4.78, 5) is 28.8. The molecule has 1 fully saturated rings. The maximum absolute atomic E-state index is 12.9. The zero-order valence-corrected chi connectivity index (χ0v) is 21.0. The quantitative estimate of drug-likeness (QED) is 0.322. The van der Waals surface area contributed by atoms with Gasteiger partial charge in [-0.25, -0.2) is 9.59 Å². The van der Waals surface area contributed by atoms with Gasteiger partial charge in [-0.1, -0.05) is 48.5 Å². The molecule has 1 aliphatic heterocycles. The number of fused-ring (bicyclic) bond motifs is 3. The first-order valence-electron chi connectivity index (χ1n) is 11.3. The number of nitrogens with zero attached hydrogens (tertiary/aromatic N) is 2. The molecule has 0 spiro atoms. The third kappa shape index (κ3) is 4.36. The first-order valence-corrected chi connectivity index (χ1v) is 12.4. The van der Waals surface area contributed by atoms with Crippen LogP contribution in [0, 0.1) is 3.57 Å². The highest BCUT2D eigenvalue weighted by Gasteiger charge is 2.30. The zero-order valence-electron chi connectivity index (χ0n) is 18.9. The third-order valence-corrected chi connectivity index (χ3v) is 7.17. The fraction of sp³-hybridized carbons (Fsp3) is 0.259. The molecular weight excluding hydrogens is 543 g/mol. The Bertz CT molecular complexity index is 1190. The van der Waals surface area contributed by atoms with Crippen LogP contribution in [-0.4, -0.2) is 56.9 Å². The van der Waals surface area contributed by atoms with E-state index in [0.717, 1.165) is 9.26 Å². The number of methoxy groups -OCH3 is 1. The summed E-state index contributed by atoms with van der Waals surface area (Å²) >= 11 is 2.20. The van der Waals surface area contributed by atoms with Crippen molar-refractivity contribution in [2.24, 2.45) is 0 Å². The maximum Gasteiger partial charge on any atom is 0.409 e. The molecular formula is C27H25IN2O4. The van der Waals surface area contributed by atoms with Gasteiger partial charge in [0.1, 0.15) is 6.61 Å². The number of piperazine rings is 1. The van der Waals surface area contributed by atoms with E-state index < -0.39 is 0 Å². The van der Waals surface area contributed by atoms with Gasteiger partial charge in [-0.2, -0.15) is 0 Å². The molecule has 0 bridgehead atoms. The van der Waals surface area contributed by atoms with Crippen LogP contribution >= 0.6 is 22.6 Å². The summed E-state index contributed by atoms with van der Waals surface area (Å²) in [5, 5.41) is 0. The lowest BCUT2D eigenvalue weighted by Crippen LogP contribution is -2.49. The minimum Gasteiger partial charge on any atom is -0.465 e. The summed E-state index contributed by atoms with van der Waals surface area (Å²) in [5.74, 6) is -0.294. The topological polar surface area (TPSA) is 59.1 Å². The Hall–Kier alpha value is -3.07. The second-order valence-electron chi connectivity index (χ2n) is 8.47. The fourth-order valence-electron chi connectivity index (χ4n) is 4.82. The van der Waals surface area contributed by atoms with Crippen molar-refractivity contribution in [1.29, 1.82) is 0 Å². The molecule has 1 aliphatic carbocycles. The van der Waals surface area contributed by atoms with Gasteiger partial charge < -0.3 is 19.3 Å². The van der Waals surface area contributed by atoms with E-state index in [-0.39, 0.29) is 18.0 Å². The number of rotatable bonds is 4. The molecule has 34 heavy (non-hydrogen) atoms. The van der Waals surface area contributed by atoms with Crippen LogP contribution in [0.3, 0.4) is 0 Å². The second kappa shape index (κ2) is 9.66. The van der Waals surface area contributed by atoms with Crippen molar-refractivity contribution in [3.05, 3.63) is 87.0 Å². The minimum absolute atomic E-state index is 0.0563. The van der Waals surface area contributed by atoms with Crippen LogP contribution in [0.4, 0.5) is 10.5 Å². The van der Waals surface area contributed by atoms with Crippen molar-refractivity contribution in [1.82, 2.24) is 4.90 Å². The highest BCUT2D eigenvalue weighted by Crippen LogP contribution is 2.44. The van der Waals surface area contributed by atoms with Gasteiger partial charge in [-0.3, -0.25) is 0 Å². The first kappa shape index (κ1) is 22.7. The normalized spacial score (nSPS) is 15.0. The number of carbonyl (C=O) groups is 2. The number of esters is 1. The lowest BCUT2D eigenvalue weighted by molar-refractivity contribution is 0.0600. The molecule has 0 unspecified atom stereocenters. The average Bonchev–Trinajstić information content (AvgIpc) is 3.20. The molecule has 2 aliphatic rings. The van der Waals surface area contributed by atoms with E-state index in [1.54, 1.807) is 4.90 Å². The molecule has 3 aromatic rings. The van der Waals surface area contributed by atoms with Gasteiger partial charge in [0.05, 0.1) is 12.7 Å². The van der Waals surface area contributed by atoms with Crippen molar-refractivity contribution in [2.75, 3.05) is 44.8 Å². The molecule has 6 nitrogen and oxygen atoms in total. The number of amides is 1. The van der Waals surface area contributed by atoms with E-state index in [1.165, 1.54) is 29.4 Å². The number of anilines is 1. The van der Waals surface area contributed by atoms with E-state index in [1.807, 2.05) is 42.5 Å². The van der Waals surface area contributed by atoms with Crippen LogP contribution in [0.5, 0.6) is 0 Å². The molecule has 1 saturated heterocycles. The van der Waals surface area contributed by atoms with Crippen molar-refractivity contribution < 1.29 is 19.1 Å². The van der Waals surface area contributed by atoms with Gasteiger partial charge in [-0.05, 0) is 63.0 Å². The van der Waals surface area contributed by atoms with Crippen molar-refractivity contribution >= 4 is 40.3 Å². The largest absolute Gasteiger partial charge is 0.465 e. The highest BCUT2D eigenvalue weighted by atomic mass is 127. The molecule has 0 aromatic heterocycles. The Kier molecular flexibility index (Phi) is 6.45. The average molecular weight is 568 g/mol. The van der Waals surface area contributed by atoms with Crippen molar-refractivity contribution in [2.45, 2.75) is 5.92 Å². The van der Waals surface area contributed by atoms with E-state index >= 15 is 0 Å². The predicted octanol–water partition coefficient (Wildman–Crippen LogP) is 5.15. The SMILES string of the molecule is COC(=O)c1cc(I)cc(N2CCN(C(=O)OCC3c4ccccc4-c4ccccc43)CC2)c1. The summed E-state index contributed by atoms with van der Waals surface area (Å²) in [6, 6.07) is 22.4. The van der Waals surface area contributed by atoms with Gasteiger partial charge in [0.25, 0.3) is 0 Å². The van der Waals surface area contributed by atoms with Gasteiger partial charge in [0.2, 0.25) is 0 Å². The lowest BCUT2D eigenvalue weighted by Gasteiger charge is -2.35. The highest BCUT2D eigenvalue weighted by molar-refractivity contribution is 14.1. The number of hydrogen-bond donors (Lipinski definition) is 0. The number of halogens is 1. The van der Waals surface area contributed by atoms with Gasteiger partial charge >= 0.3 is 12.1 Å².